The van der Waals surface area contributed by atoms with E-state index in [4.69, 9.17) is 0 Å². The molecular formula is C16H12Br2N2OSe. The molecule has 0 spiro atoms. The van der Waals surface area contributed by atoms with Crippen LogP contribution in [0.25, 0.3) is 11.3 Å². The van der Waals surface area contributed by atoms with Gasteiger partial charge in [0.2, 0.25) is 0 Å². The molecule has 1 N–H and O–H groups in total. The van der Waals surface area contributed by atoms with E-state index in [1.54, 1.807) is 12.1 Å². The Kier molecular flexibility index (Phi) is 6.15. The molecule has 3 nitrogen and oxygen atoms in total. The van der Waals surface area contributed by atoms with Gasteiger partial charge in [-0.2, -0.15) is 0 Å². The Morgan fingerprint density at radius 2 is 1.73 bits per heavy atom. The van der Waals surface area contributed by atoms with Crippen LogP contribution in [0, 0.1) is 0 Å². The summed E-state index contributed by atoms with van der Waals surface area (Å²) in [4.78, 5) is 18.7. The van der Waals surface area contributed by atoms with E-state index >= 15 is 0 Å². The van der Waals surface area contributed by atoms with Crippen molar-refractivity contribution in [3.05, 3.63) is 69.6 Å². The molecule has 2 aromatic carbocycles. The van der Waals surface area contributed by atoms with Gasteiger partial charge in [-0.05, 0) is 0 Å². The first-order valence-corrected chi connectivity index (χ1v) is 8.94. The number of rotatable bonds is 3. The number of nitrogens with one attached hydrogen (secondary N) is 1. The number of carbonyl (C=O) groups is 1. The van der Waals surface area contributed by atoms with Crippen molar-refractivity contribution in [3.8, 4) is 11.3 Å². The number of nitrogens with zero attached hydrogens (tertiary/aromatic N) is 1. The molecule has 6 heteroatoms. The minimum absolute atomic E-state index is 0. The van der Waals surface area contributed by atoms with Gasteiger partial charge >= 0.3 is 137 Å². The van der Waals surface area contributed by atoms with Crippen molar-refractivity contribution in [2.45, 2.75) is 0 Å². The number of aromatic nitrogens is 1. The number of halogens is 2. The van der Waals surface area contributed by atoms with Gasteiger partial charge in [0.15, 0.2) is 0 Å². The van der Waals surface area contributed by atoms with Crippen LogP contribution < -0.4 is 5.32 Å². The van der Waals surface area contributed by atoms with Crippen LogP contribution in [-0.4, -0.2) is 25.4 Å². The Bertz CT molecular complexity index is 757. The fourth-order valence-corrected chi connectivity index (χ4v) is 3.61. The van der Waals surface area contributed by atoms with Crippen LogP contribution in [0.15, 0.2) is 64.0 Å². The molecule has 0 atom stereocenters. The average Bonchev–Trinajstić information content (AvgIpc) is 2.97. The molecular weight excluding hydrogens is 475 g/mol. The Morgan fingerprint density at radius 3 is 2.41 bits per heavy atom. The second-order valence-corrected chi connectivity index (χ2v) is 7.08. The van der Waals surface area contributed by atoms with Crippen LogP contribution in [0.3, 0.4) is 0 Å². The maximum atomic E-state index is 12.1. The van der Waals surface area contributed by atoms with Crippen LogP contribution in [-0.2, 0) is 0 Å². The standard InChI is InChI=1S/C16H11BrN2OSe.BrH/c17-13-8-6-11(7-9-13)14-10-21-16(18-14)19-15(20)12-4-2-1-3-5-12;/h1-10H,(H,18,19,20);1H. The molecule has 0 radical (unpaired) electrons. The molecule has 1 aromatic heterocycles. The third-order valence-electron chi connectivity index (χ3n) is 2.90. The fraction of sp³-hybridized carbons (Fsp3) is 0. The van der Waals surface area contributed by atoms with Crippen molar-refractivity contribution < 1.29 is 4.79 Å². The molecule has 1 heterocycles. The van der Waals surface area contributed by atoms with Crippen LogP contribution in [0.1, 0.15) is 10.4 Å². The first-order valence-electron chi connectivity index (χ1n) is 6.30. The van der Waals surface area contributed by atoms with Crippen LogP contribution >= 0.6 is 32.9 Å². The summed E-state index contributed by atoms with van der Waals surface area (Å²) >= 11 is 3.48. The molecule has 0 aliphatic heterocycles. The maximum absolute atomic E-state index is 12.1. The van der Waals surface area contributed by atoms with Gasteiger partial charge in [0.05, 0.1) is 0 Å². The SMILES string of the molecule is Br.O=C(Nc1nc(-c2ccc(Br)cc2)c[se]1)c1ccccc1. The summed E-state index contributed by atoms with van der Waals surface area (Å²) in [5.41, 5.74) is 2.63. The zero-order chi connectivity index (χ0) is 14.7. The molecule has 22 heavy (non-hydrogen) atoms. The van der Waals surface area contributed by atoms with Crippen LogP contribution in [0.5, 0.6) is 0 Å². The molecule has 112 valence electrons. The summed E-state index contributed by atoms with van der Waals surface area (Å²) in [6.45, 7) is 0. The molecule has 0 saturated carbocycles. The molecule has 1 amide bonds. The van der Waals surface area contributed by atoms with E-state index < -0.39 is 0 Å². The first kappa shape index (κ1) is 17.2. The van der Waals surface area contributed by atoms with Gasteiger partial charge in [-0.1, -0.05) is 0 Å². The second kappa shape index (κ2) is 7.88. The quantitative estimate of drug-likeness (QED) is 0.557. The number of amides is 1. The molecule has 0 bridgehead atoms. The summed E-state index contributed by atoms with van der Waals surface area (Å²) in [6.07, 6.45) is 0. The number of hydrogen-bond donors (Lipinski definition) is 1. The Morgan fingerprint density at radius 1 is 1.05 bits per heavy atom. The van der Waals surface area contributed by atoms with Gasteiger partial charge in [-0.3, -0.25) is 0 Å². The van der Waals surface area contributed by atoms with E-state index in [1.807, 2.05) is 42.5 Å². The Balaban J connectivity index is 0.00000176. The van der Waals surface area contributed by atoms with E-state index in [-0.39, 0.29) is 37.4 Å². The van der Waals surface area contributed by atoms with E-state index in [2.05, 4.69) is 31.2 Å². The van der Waals surface area contributed by atoms with Crippen molar-refractivity contribution in [1.82, 2.24) is 4.98 Å². The monoisotopic (exact) mass is 486 g/mol. The Labute approximate surface area is 153 Å². The Hall–Kier alpha value is -1.20. The summed E-state index contributed by atoms with van der Waals surface area (Å²) in [5, 5.41) is 2.88. The van der Waals surface area contributed by atoms with E-state index in [1.165, 1.54) is 0 Å². The van der Waals surface area contributed by atoms with Crippen molar-refractivity contribution in [3.63, 3.8) is 0 Å². The van der Waals surface area contributed by atoms with Gasteiger partial charge in [-0.15, -0.1) is 17.0 Å². The zero-order valence-electron chi connectivity index (χ0n) is 11.3. The predicted octanol–water partition coefficient (Wildman–Crippen LogP) is 4.40. The first-order chi connectivity index (χ1) is 10.2. The molecule has 0 aliphatic carbocycles. The third kappa shape index (κ3) is 4.17. The van der Waals surface area contributed by atoms with Crippen LogP contribution in [0.4, 0.5) is 4.69 Å². The minimum atomic E-state index is -0.110. The summed E-state index contributed by atoms with van der Waals surface area (Å²) in [7, 11) is 0. The van der Waals surface area contributed by atoms with E-state index in [0.717, 1.165) is 20.4 Å². The number of benzene rings is 2. The van der Waals surface area contributed by atoms with Gasteiger partial charge in [-0.25, -0.2) is 0 Å². The summed E-state index contributed by atoms with van der Waals surface area (Å²) in [5.74, 6) is -0.110. The molecule has 0 unspecified atom stereocenters. The van der Waals surface area contributed by atoms with Crippen molar-refractivity contribution in [2.24, 2.45) is 0 Å². The van der Waals surface area contributed by atoms with Crippen LogP contribution in [0.2, 0.25) is 0 Å². The molecule has 0 saturated heterocycles. The predicted molar refractivity (Wildman–Crippen MR) is 99.0 cm³/mol. The van der Waals surface area contributed by atoms with Gasteiger partial charge in [0.25, 0.3) is 0 Å². The average molecular weight is 487 g/mol. The molecule has 3 aromatic rings. The normalized spacial score (nSPS) is 9.86. The summed E-state index contributed by atoms with van der Waals surface area (Å²) < 4.78 is 1.78. The van der Waals surface area contributed by atoms with Gasteiger partial charge in [0.1, 0.15) is 0 Å². The summed E-state index contributed by atoms with van der Waals surface area (Å²) in [6, 6.07) is 17.2. The fourth-order valence-electron chi connectivity index (χ4n) is 1.84. The van der Waals surface area contributed by atoms with Gasteiger partial charge < -0.3 is 0 Å². The number of carbonyl (C=O) groups excluding carboxylic acids is 1. The van der Waals surface area contributed by atoms with Crippen molar-refractivity contribution in [1.29, 1.82) is 0 Å². The molecule has 3 rings (SSSR count). The van der Waals surface area contributed by atoms with E-state index in [9.17, 15) is 4.79 Å². The van der Waals surface area contributed by atoms with E-state index in [0.29, 0.717) is 5.56 Å². The topological polar surface area (TPSA) is 42.0 Å². The zero-order valence-corrected chi connectivity index (χ0v) is 16.3. The molecule has 0 aliphatic rings. The van der Waals surface area contributed by atoms with Gasteiger partial charge in [0, 0.05) is 0 Å². The molecule has 0 fully saturated rings. The second-order valence-electron chi connectivity index (χ2n) is 4.36. The third-order valence-corrected chi connectivity index (χ3v) is 5.02. The van der Waals surface area contributed by atoms with Crippen molar-refractivity contribution in [2.75, 3.05) is 5.32 Å². The van der Waals surface area contributed by atoms with Crippen molar-refractivity contribution >= 4 is 58.0 Å². The number of hydrogen-bond acceptors (Lipinski definition) is 2. The number of anilines is 1.